The normalized spacial score (nSPS) is 11.2. The molecule has 0 aliphatic rings. The molecule has 0 aliphatic carbocycles. The largest absolute Gasteiger partial charge is 0.348 e. The summed E-state index contributed by atoms with van der Waals surface area (Å²) in [4.78, 5) is 12.7. The maximum Gasteiger partial charge on any atom is 0.251 e. The summed E-state index contributed by atoms with van der Waals surface area (Å²) in [5.41, 5.74) is 5.46. The zero-order chi connectivity index (χ0) is 24.0. The van der Waals surface area contributed by atoms with Crippen LogP contribution in [-0.2, 0) is 23.1 Å². The predicted octanol–water partition coefficient (Wildman–Crippen LogP) is 5.07. The van der Waals surface area contributed by atoms with Crippen molar-refractivity contribution in [2.45, 2.75) is 24.9 Å². The van der Waals surface area contributed by atoms with Gasteiger partial charge in [0.25, 0.3) is 5.91 Å². The first-order valence-corrected chi connectivity index (χ1v) is 12.5. The Bertz CT molecular complexity index is 1370. The summed E-state index contributed by atoms with van der Waals surface area (Å²) in [5, 5.41) is 2.95. The van der Waals surface area contributed by atoms with Gasteiger partial charge in [-0.05, 0) is 59.0 Å². The molecule has 0 aliphatic heterocycles. The number of nitrogens with one attached hydrogen (secondary N) is 2. The van der Waals surface area contributed by atoms with E-state index in [9.17, 15) is 13.2 Å². The SMILES string of the molecule is Cc1ccccc1CNC(=O)c1ccc(-c2ccc(S(=O)(=O)NCc3ccccc3)cc2)cc1. The Morgan fingerprint density at radius 1 is 0.706 bits per heavy atom. The highest BCUT2D eigenvalue weighted by atomic mass is 32.2. The van der Waals surface area contributed by atoms with Crippen molar-refractivity contribution >= 4 is 15.9 Å². The van der Waals surface area contributed by atoms with Crippen LogP contribution in [-0.4, -0.2) is 14.3 Å². The summed E-state index contributed by atoms with van der Waals surface area (Å²) in [6.07, 6.45) is 0. The average molecular weight is 471 g/mol. The van der Waals surface area contributed by atoms with Crippen LogP contribution in [0, 0.1) is 6.92 Å². The van der Waals surface area contributed by atoms with Crippen LogP contribution in [0.25, 0.3) is 11.1 Å². The van der Waals surface area contributed by atoms with Gasteiger partial charge in [-0.3, -0.25) is 4.79 Å². The first-order chi connectivity index (χ1) is 16.4. The van der Waals surface area contributed by atoms with E-state index in [1.54, 1.807) is 36.4 Å². The third-order valence-corrected chi connectivity index (χ3v) is 7.07. The molecule has 34 heavy (non-hydrogen) atoms. The standard InChI is InChI=1S/C28H26N2O3S/c1-21-7-5-6-10-26(21)20-29-28(31)25-13-11-23(12-14-25)24-15-17-27(18-16-24)34(32,33)30-19-22-8-3-2-4-9-22/h2-18,30H,19-20H2,1H3,(H,29,31). The molecule has 0 unspecified atom stereocenters. The van der Waals surface area contributed by atoms with Crippen LogP contribution in [0.3, 0.4) is 0 Å². The van der Waals surface area contributed by atoms with E-state index in [0.29, 0.717) is 12.1 Å². The second kappa shape index (κ2) is 10.5. The van der Waals surface area contributed by atoms with Crippen molar-refractivity contribution in [2.24, 2.45) is 0 Å². The Balaban J connectivity index is 1.39. The van der Waals surface area contributed by atoms with Crippen LogP contribution in [0.2, 0.25) is 0 Å². The summed E-state index contributed by atoms with van der Waals surface area (Å²) in [7, 11) is -3.61. The van der Waals surface area contributed by atoms with E-state index < -0.39 is 10.0 Å². The summed E-state index contributed by atoms with van der Waals surface area (Å²) < 4.78 is 27.8. The fourth-order valence-electron chi connectivity index (χ4n) is 3.58. The molecule has 4 rings (SSSR count). The van der Waals surface area contributed by atoms with Gasteiger partial charge in [-0.15, -0.1) is 0 Å². The molecule has 0 aromatic heterocycles. The molecule has 2 N–H and O–H groups in total. The first-order valence-electron chi connectivity index (χ1n) is 11.0. The van der Waals surface area contributed by atoms with Gasteiger partial charge in [-0.1, -0.05) is 78.9 Å². The molecule has 5 nitrogen and oxygen atoms in total. The van der Waals surface area contributed by atoms with Gasteiger partial charge in [0.15, 0.2) is 0 Å². The van der Waals surface area contributed by atoms with E-state index in [1.807, 2.05) is 73.7 Å². The van der Waals surface area contributed by atoms with Gasteiger partial charge in [-0.25, -0.2) is 13.1 Å². The molecule has 0 heterocycles. The van der Waals surface area contributed by atoms with Gasteiger partial charge >= 0.3 is 0 Å². The molecule has 0 spiro atoms. The number of rotatable bonds is 8. The molecule has 0 bridgehead atoms. The molecule has 0 atom stereocenters. The predicted molar refractivity (Wildman–Crippen MR) is 135 cm³/mol. The average Bonchev–Trinajstić information content (AvgIpc) is 2.88. The molecule has 0 fully saturated rings. The lowest BCUT2D eigenvalue weighted by Crippen LogP contribution is -2.23. The number of sulfonamides is 1. The topological polar surface area (TPSA) is 75.3 Å². The monoisotopic (exact) mass is 470 g/mol. The molecule has 6 heteroatoms. The summed E-state index contributed by atoms with van der Waals surface area (Å²) in [5.74, 6) is -0.138. The molecule has 172 valence electrons. The maximum absolute atomic E-state index is 12.6. The van der Waals surface area contributed by atoms with Crippen molar-refractivity contribution in [1.29, 1.82) is 0 Å². The second-order valence-corrected chi connectivity index (χ2v) is 9.79. The fourth-order valence-corrected chi connectivity index (χ4v) is 4.60. The molecule has 4 aromatic carbocycles. The lowest BCUT2D eigenvalue weighted by molar-refractivity contribution is 0.0951. The number of carbonyl (C=O) groups excluding carboxylic acids is 1. The van der Waals surface area contributed by atoms with Crippen molar-refractivity contribution < 1.29 is 13.2 Å². The highest BCUT2D eigenvalue weighted by molar-refractivity contribution is 7.89. The van der Waals surface area contributed by atoms with Gasteiger partial charge < -0.3 is 5.32 Å². The van der Waals surface area contributed by atoms with Gasteiger partial charge in [0.1, 0.15) is 0 Å². The summed E-state index contributed by atoms with van der Waals surface area (Å²) in [6.45, 7) is 2.73. The van der Waals surface area contributed by atoms with Gasteiger partial charge in [0.2, 0.25) is 10.0 Å². The Morgan fingerprint density at radius 2 is 1.29 bits per heavy atom. The van der Waals surface area contributed by atoms with Crippen molar-refractivity contribution in [1.82, 2.24) is 10.0 Å². The highest BCUT2D eigenvalue weighted by Gasteiger charge is 2.14. The smallest absolute Gasteiger partial charge is 0.251 e. The molecular formula is C28H26N2O3S. The van der Waals surface area contributed by atoms with E-state index in [-0.39, 0.29) is 17.3 Å². The van der Waals surface area contributed by atoms with E-state index in [4.69, 9.17) is 0 Å². The minimum absolute atomic E-state index is 0.138. The van der Waals surface area contributed by atoms with Gasteiger partial charge in [-0.2, -0.15) is 0 Å². The minimum Gasteiger partial charge on any atom is -0.348 e. The van der Waals surface area contributed by atoms with Crippen molar-refractivity contribution in [3.05, 3.63) is 125 Å². The van der Waals surface area contributed by atoms with E-state index in [2.05, 4.69) is 10.0 Å². The van der Waals surface area contributed by atoms with Crippen molar-refractivity contribution in [3.8, 4) is 11.1 Å². The minimum atomic E-state index is -3.61. The van der Waals surface area contributed by atoms with Crippen LogP contribution in [0.1, 0.15) is 27.0 Å². The molecule has 0 saturated heterocycles. The van der Waals surface area contributed by atoms with Crippen LogP contribution in [0.4, 0.5) is 0 Å². The van der Waals surface area contributed by atoms with Crippen LogP contribution < -0.4 is 10.0 Å². The van der Waals surface area contributed by atoms with Crippen molar-refractivity contribution in [3.63, 3.8) is 0 Å². The third-order valence-electron chi connectivity index (χ3n) is 5.65. The lowest BCUT2D eigenvalue weighted by Gasteiger charge is -2.10. The van der Waals surface area contributed by atoms with Crippen LogP contribution in [0.15, 0.2) is 108 Å². The Labute approximate surface area is 200 Å². The molecule has 1 amide bonds. The number of carbonyl (C=O) groups is 1. The number of amides is 1. The number of hydrogen-bond donors (Lipinski definition) is 2. The van der Waals surface area contributed by atoms with Crippen LogP contribution >= 0.6 is 0 Å². The molecule has 4 aromatic rings. The lowest BCUT2D eigenvalue weighted by atomic mass is 10.0. The quantitative estimate of drug-likeness (QED) is 0.378. The Kier molecular flexibility index (Phi) is 7.21. The zero-order valence-electron chi connectivity index (χ0n) is 18.9. The van der Waals surface area contributed by atoms with E-state index >= 15 is 0 Å². The summed E-state index contributed by atoms with van der Waals surface area (Å²) in [6, 6.07) is 31.3. The third kappa shape index (κ3) is 5.78. The number of benzene rings is 4. The van der Waals surface area contributed by atoms with Gasteiger partial charge in [0.05, 0.1) is 4.90 Å². The second-order valence-electron chi connectivity index (χ2n) is 8.02. The number of hydrogen-bond acceptors (Lipinski definition) is 3. The molecular weight excluding hydrogens is 444 g/mol. The van der Waals surface area contributed by atoms with Crippen molar-refractivity contribution in [2.75, 3.05) is 0 Å². The van der Waals surface area contributed by atoms with Crippen LogP contribution in [0.5, 0.6) is 0 Å². The zero-order valence-corrected chi connectivity index (χ0v) is 19.7. The Morgan fingerprint density at radius 3 is 1.94 bits per heavy atom. The maximum atomic E-state index is 12.6. The van der Waals surface area contributed by atoms with E-state index in [0.717, 1.165) is 27.8 Å². The Hall–Kier alpha value is -3.74. The molecule has 0 saturated carbocycles. The molecule has 0 radical (unpaired) electrons. The fraction of sp³-hybridized carbons (Fsp3) is 0.107. The first kappa shape index (κ1) is 23.4. The van der Waals surface area contributed by atoms with E-state index in [1.165, 1.54) is 0 Å². The summed E-state index contributed by atoms with van der Waals surface area (Å²) >= 11 is 0. The highest BCUT2D eigenvalue weighted by Crippen LogP contribution is 2.22. The van der Waals surface area contributed by atoms with Gasteiger partial charge in [0, 0.05) is 18.7 Å². The number of aryl methyl sites for hydroxylation is 1.